The van der Waals surface area contributed by atoms with Gasteiger partial charge in [-0.2, -0.15) is 0 Å². The lowest BCUT2D eigenvalue weighted by atomic mass is 10.1. The summed E-state index contributed by atoms with van der Waals surface area (Å²) in [5.41, 5.74) is 2.65. The van der Waals surface area contributed by atoms with Crippen LogP contribution in [0.15, 0.2) is 36.9 Å². The van der Waals surface area contributed by atoms with Gasteiger partial charge in [0.1, 0.15) is 0 Å². The normalized spacial score (nSPS) is 10.3. The molecule has 0 atom stereocenters. The fraction of sp³-hybridized carbons (Fsp3) is 0.429. The largest absolute Gasteiger partial charge is 0.373 e. The highest BCUT2D eigenvalue weighted by atomic mass is 16.5. The number of nitrogens with one attached hydrogen (secondary N) is 1. The van der Waals surface area contributed by atoms with Gasteiger partial charge < -0.3 is 10.1 Å². The van der Waals surface area contributed by atoms with Gasteiger partial charge in [0.05, 0.1) is 13.2 Å². The lowest BCUT2D eigenvalue weighted by Crippen LogP contribution is -2.16. The van der Waals surface area contributed by atoms with Crippen LogP contribution in [0.2, 0.25) is 0 Å². The molecule has 1 rings (SSSR count). The van der Waals surface area contributed by atoms with Gasteiger partial charge in [-0.15, -0.1) is 6.58 Å². The van der Waals surface area contributed by atoms with E-state index >= 15 is 0 Å². The summed E-state index contributed by atoms with van der Waals surface area (Å²) in [5.74, 6) is 0. The van der Waals surface area contributed by atoms with E-state index in [1.54, 1.807) is 6.08 Å². The highest BCUT2D eigenvalue weighted by molar-refractivity contribution is 5.26. The van der Waals surface area contributed by atoms with Crippen molar-refractivity contribution in [3.63, 3.8) is 0 Å². The molecular weight excluding hydrogens is 198 g/mol. The van der Waals surface area contributed by atoms with Crippen LogP contribution in [-0.4, -0.2) is 19.7 Å². The monoisotopic (exact) mass is 219 g/mol. The average Bonchev–Trinajstić information content (AvgIpc) is 2.32. The Labute approximate surface area is 98.3 Å². The van der Waals surface area contributed by atoms with Gasteiger partial charge in [-0.3, -0.25) is 0 Å². The third kappa shape index (κ3) is 4.60. The van der Waals surface area contributed by atoms with Gasteiger partial charge in [0, 0.05) is 0 Å². The van der Waals surface area contributed by atoms with E-state index in [4.69, 9.17) is 4.74 Å². The van der Waals surface area contributed by atoms with E-state index in [1.807, 2.05) is 0 Å². The van der Waals surface area contributed by atoms with Crippen molar-refractivity contribution < 1.29 is 4.74 Å². The average molecular weight is 219 g/mol. The van der Waals surface area contributed by atoms with Crippen molar-refractivity contribution in [2.75, 3.05) is 19.7 Å². The van der Waals surface area contributed by atoms with Crippen LogP contribution < -0.4 is 5.32 Å². The molecule has 1 N–H and O–H groups in total. The van der Waals surface area contributed by atoms with Gasteiger partial charge in [0.2, 0.25) is 0 Å². The first kappa shape index (κ1) is 12.9. The quantitative estimate of drug-likeness (QED) is 0.536. The number of rotatable bonds is 8. The van der Waals surface area contributed by atoms with Gasteiger partial charge in [0.25, 0.3) is 0 Å². The van der Waals surface area contributed by atoms with E-state index in [9.17, 15) is 0 Å². The summed E-state index contributed by atoms with van der Waals surface area (Å²) in [7, 11) is 0. The number of benzene rings is 1. The molecule has 0 radical (unpaired) electrons. The second-order valence-electron chi connectivity index (χ2n) is 3.68. The van der Waals surface area contributed by atoms with Crippen LogP contribution in [0, 0.1) is 0 Å². The van der Waals surface area contributed by atoms with Crippen LogP contribution in [0.1, 0.15) is 18.1 Å². The van der Waals surface area contributed by atoms with Crippen LogP contribution in [-0.2, 0) is 17.8 Å². The maximum atomic E-state index is 5.48. The van der Waals surface area contributed by atoms with Gasteiger partial charge in [0.15, 0.2) is 0 Å². The van der Waals surface area contributed by atoms with Gasteiger partial charge in [-0.05, 0) is 30.6 Å². The van der Waals surface area contributed by atoms with Crippen molar-refractivity contribution in [1.29, 1.82) is 0 Å². The summed E-state index contributed by atoms with van der Waals surface area (Å²) >= 11 is 0. The van der Waals surface area contributed by atoms with E-state index in [0.29, 0.717) is 13.2 Å². The molecule has 16 heavy (non-hydrogen) atoms. The summed E-state index contributed by atoms with van der Waals surface area (Å²) in [6, 6.07) is 8.44. The Balaban J connectivity index is 2.49. The minimum Gasteiger partial charge on any atom is -0.373 e. The first-order chi connectivity index (χ1) is 7.88. The summed E-state index contributed by atoms with van der Waals surface area (Å²) in [6.45, 7) is 9.10. The summed E-state index contributed by atoms with van der Waals surface area (Å²) in [6.07, 6.45) is 2.84. The van der Waals surface area contributed by atoms with Crippen molar-refractivity contribution >= 4 is 0 Å². The molecule has 0 bridgehead atoms. The van der Waals surface area contributed by atoms with E-state index in [0.717, 1.165) is 19.5 Å². The molecule has 2 nitrogen and oxygen atoms in total. The van der Waals surface area contributed by atoms with E-state index < -0.39 is 0 Å². The van der Waals surface area contributed by atoms with Crippen LogP contribution in [0.25, 0.3) is 0 Å². The Kier molecular flexibility index (Phi) is 6.54. The molecule has 0 amide bonds. The number of hydrogen-bond acceptors (Lipinski definition) is 2. The minimum atomic E-state index is 0.613. The zero-order valence-corrected chi connectivity index (χ0v) is 10.0. The maximum absolute atomic E-state index is 5.48. The molecule has 0 heterocycles. The summed E-state index contributed by atoms with van der Waals surface area (Å²) in [5, 5.41) is 3.33. The number of hydrogen-bond donors (Lipinski definition) is 1. The standard InChI is InChI=1S/C14H21NO/c1-3-11-16-12-14-8-6-5-7-13(14)9-10-15-4-2/h3,5-8,15H,1,4,9-12H2,2H3. The molecule has 2 heteroatoms. The van der Waals surface area contributed by atoms with Gasteiger partial charge >= 0.3 is 0 Å². The van der Waals surface area contributed by atoms with E-state index in [2.05, 4.69) is 43.1 Å². The molecule has 0 unspecified atom stereocenters. The van der Waals surface area contributed by atoms with Gasteiger partial charge in [-0.1, -0.05) is 37.3 Å². The van der Waals surface area contributed by atoms with Crippen molar-refractivity contribution in [1.82, 2.24) is 5.32 Å². The third-order valence-electron chi connectivity index (χ3n) is 2.43. The summed E-state index contributed by atoms with van der Waals surface area (Å²) < 4.78 is 5.48. The smallest absolute Gasteiger partial charge is 0.0723 e. The Morgan fingerprint density at radius 1 is 1.31 bits per heavy atom. The van der Waals surface area contributed by atoms with Crippen LogP contribution in [0.4, 0.5) is 0 Å². The molecule has 0 aliphatic heterocycles. The molecule has 0 spiro atoms. The molecular formula is C14H21NO. The van der Waals surface area contributed by atoms with Gasteiger partial charge in [-0.25, -0.2) is 0 Å². The molecule has 88 valence electrons. The molecule has 0 aliphatic carbocycles. The molecule has 0 fully saturated rings. The SMILES string of the molecule is C=CCOCc1ccccc1CCNCC. The van der Waals surface area contributed by atoms with Crippen molar-refractivity contribution in [3.05, 3.63) is 48.0 Å². The Morgan fingerprint density at radius 3 is 2.75 bits per heavy atom. The Bertz CT molecular complexity index is 309. The third-order valence-corrected chi connectivity index (χ3v) is 2.43. The Hall–Kier alpha value is -1.12. The van der Waals surface area contributed by atoms with Crippen LogP contribution in [0.3, 0.4) is 0 Å². The van der Waals surface area contributed by atoms with Crippen molar-refractivity contribution in [2.45, 2.75) is 20.0 Å². The first-order valence-electron chi connectivity index (χ1n) is 5.84. The van der Waals surface area contributed by atoms with Crippen LogP contribution >= 0.6 is 0 Å². The fourth-order valence-electron chi connectivity index (χ4n) is 1.59. The van der Waals surface area contributed by atoms with Crippen LogP contribution in [0.5, 0.6) is 0 Å². The molecule has 1 aromatic carbocycles. The molecule has 1 aromatic rings. The number of ether oxygens (including phenoxy) is 1. The van der Waals surface area contributed by atoms with Crippen molar-refractivity contribution in [3.8, 4) is 0 Å². The Morgan fingerprint density at radius 2 is 2.06 bits per heavy atom. The maximum Gasteiger partial charge on any atom is 0.0723 e. The number of likely N-dealkylation sites (N-methyl/N-ethyl adjacent to an activating group) is 1. The second kappa shape index (κ2) is 8.08. The first-order valence-corrected chi connectivity index (χ1v) is 5.84. The zero-order chi connectivity index (χ0) is 11.6. The second-order valence-corrected chi connectivity index (χ2v) is 3.68. The van der Waals surface area contributed by atoms with E-state index in [1.165, 1.54) is 11.1 Å². The lowest BCUT2D eigenvalue weighted by Gasteiger charge is -2.09. The van der Waals surface area contributed by atoms with E-state index in [-0.39, 0.29) is 0 Å². The fourth-order valence-corrected chi connectivity index (χ4v) is 1.59. The topological polar surface area (TPSA) is 21.3 Å². The lowest BCUT2D eigenvalue weighted by molar-refractivity contribution is 0.148. The van der Waals surface area contributed by atoms with Crippen molar-refractivity contribution in [2.24, 2.45) is 0 Å². The minimum absolute atomic E-state index is 0.613. The molecule has 0 saturated carbocycles. The highest BCUT2D eigenvalue weighted by Crippen LogP contribution is 2.10. The molecule has 0 aliphatic rings. The summed E-state index contributed by atoms with van der Waals surface area (Å²) in [4.78, 5) is 0. The molecule has 0 aromatic heterocycles. The highest BCUT2D eigenvalue weighted by Gasteiger charge is 2.00. The predicted octanol–water partition coefficient (Wildman–Crippen LogP) is 2.54. The predicted molar refractivity (Wildman–Crippen MR) is 68.5 cm³/mol. The molecule has 0 saturated heterocycles. The zero-order valence-electron chi connectivity index (χ0n) is 10.0.